The summed E-state index contributed by atoms with van der Waals surface area (Å²) in [6.07, 6.45) is 1.00. The van der Waals surface area contributed by atoms with Crippen LogP contribution in [0.15, 0.2) is 53.0 Å². The summed E-state index contributed by atoms with van der Waals surface area (Å²) in [5.41, 5.74) is 2.62. The van der Waals surface area contributed by atoms with Crippen LogP contribution in [0.25, 0.3) is 0 Å². The Kier molecular flexibility index (Phi) is 5.83. The summed E-state index contributed by atoms with van der Waals surface area (Å²) in [7, 11) is 1.69. The molecule has 0 aliphatic rings. The van der Waals surface area contributed by atoms with Gasteiger partial charge >= 0.3 is 0 Å². The highest BCUT2D eigenvalue weighted by Gasteiger charge is 2.10. The molecule has 112 valence electrons. The molecule has 0 aromatic heterocycles. The summed E-state index contributed by atoms with van der Waals surface area (Å²) < 4.78 is 6.30. The minimum absolute atomic E-state index is 0.339. The van der Waals surface area contributed by atoms with Crippen LogP contribution in [0.1, 0.15) is 31.0 Å². The van der Waals surface area contributed by atoms with Crippen molar-refractivity contribution in [3.05, 3.63) is 64.1 Å². The molecule has 21 heavy (non-hydrogen) atoms. The topological polar surface area (TPSA) is 21.3 Å². The van der Waals surface area contributed by atoms with Crippen LogP contribution >= 0.6 is 15.9 Å². The van der Waals surface area contributed by atoms with Gasteiger partial charge in [-0.1, -0.05) is 40.2 Å². The minimum atomic E-state index is 0.339. The molecule has 0 radical (unpaired) electrons. The number of hydrogen-bond acceptors (Lipinski definition) is 2. The molecule has 0 bridgehead atoms. The normalized spacial score (nSPS) is 13.7. The second-order valence-corrected chi connectivity index (χ2v) is 6.31. The summed E-state index contributed by atoms with van der Waals surface area (Å²) in [4.78, 5) is 0. The van der Waals surface area contributed by atoms with Crippen molar-refractivity contribution < 1.29 is 4.74 Å². The van der Waals surface area contributed by atoms with Crippen LogP contribution < -0.4 is 10.1 Å². The summed E-state index contributed by atoms with van der Waals surface area (Å²) in [6, 6.07) is 17.5. The third kappa shape index (κ3) is 4.87. The maximum atomic E-state index is 5.19. The van der Waals surface area contributed by atoms with Gasteiger partial charge in [-0.15, -0.1) is 0 Å². The smallest absolute Gasteiger partial charge is 0.118 e. The monoisotopic (exact) mass is 347 g/mol. The molecule has 2 aromatic rings. The van der Waals surface area contributed by atoms with Crippen molar-refractivity contribution in [1.29, 1.82) is 0 Å². The Labute approximate surface area is 135 Å². The second kappa shape index (κ2) is 7.62. The van der Waals surface area contributed by atoms with Crippen molar-refractivity contribution in [3.8, 4) is 5.75 Å². The van der Waals surface area contributed by atoms with Gasteiger partial charge in [-0.05, 0) is 55.7 Å². The molecule has 0 spiro atoms. The van der Waals surface area contributed by atoms with Crippen molar-refractivity contribution in [1.82, 2.24) is 5.32 Å². The first kappa shape index (κ1) is 16.1. The highest BCUT2D eigenvalue weighted by atomic mass is 79.9. The predicted octanol–water partition coefficient (Wildman–Crippen LogP) is 4.74. The number of ether oxygens (including phenoxy) is 1. The van der Waals surface area contributed by atoms with Crippen LogP contribution in [-0.4, -0.2) is 13.2 Å². The SMILES string of the molecule is COc1ccc(CC(C)N[C@@H](C)c2ccc(Br)cc2)cc1. The Morgan fingerprint density at radius 2 is 1.62 bits per heavy atom. The van der Waals surface area contributed by atoms with Gasteiger partial charge in [-0.2, -0.15) is 0 Å². The Morgan fingerprint density at radius 3 is 2.19 bits per heavy atom. The fourth-order valence-corrected chi connectivity index (χ4v) is 2.71. The maximum Gasteiger partial charge on any atom is 0.118 e. The molecule has 0 aliphatic heterocycles. The van der Waals surface area contributed by atoms with Crippen molar-refractivity contribution in [3.63, 3.8) is 0 Å². The highest BCUT2D eigenvalue weighted by molar-refractivity contribution is 9.10. The summed E-state index contributed by atoms with van der Waals surface area (Å²) in [5, 5.41) is 3.65. The van der Waals surface area contributed by atoms with E-state index in [1.165, 1.54) is 11.1 Å². The summed E-state index contributed by atoms with van der Waals surface area (Å²) in [5.74, 6) is 0.905. The third-order valence-electron chi connectivity index (χ3n) is 3.61. The number of halogens is 1. The number of methoxy groups -OCH3 is 1. The molecule has 1 N–H and O–H groups in total. The van der Waals surface area contributed by atoms with Gasteiger partial charge in [0.25, 0.3) is 0 Å². The lowest BCUT2D eigenvalue weighted by Crippen LogP contribution is -2.30. The van der Waals surface area contributed by atoms with E-state index in [0.717, 1.165) is 16.6 Å². The molecular formula is C18H22BrNO. The largest absolute Gasteiger partial charge is 0.497 e. The number of rotatable bonds is 6. The van der Waals surface area contributed by atoms with E-state index in [1.54, 1.807) is 7.11 Å². The summed E-state index contributed by atoms with van der Waals surface area (Å²) >= 11 is 3.47. The van der Waals surface area contributed by atoms with E-state index in [9.17, 15) is 0 Å². The van der Waals surface area contributed by atoms with Gasteiger partial charge in [0.2, 0.25) is 0 Å². The number of hydrogen-bond donors (Lipinski definition) is 1. The molecule has 2 aromatic carbocycles. The quantitative estimate of drug-likeness (QED) is 0.814. The second-order valence-electron chi connectivity index (χ2n) is 5.39. The van der Waals surface area contributed by atoms with E-state index >= 15 is 0 Å². The lowest BCUT2D eigenvalue weighted by atomic mass is 10.0. The van der Waals surface area contributed by atoms with Crippen molar-refractivity contribution in [2.24, 2.45) is 0 Å². The third-order valence-corrected chi connectivity index (χ3v) is 4.13. The fraction of sp³-hybridized carbons (Fsp3) is 0.333. The number of benzene rings is 2. The lowest BCUT2D eigenvalue weighted by Gasteiger charge is -2.20. The minimum Gasteiger partial charge on any atom is -0.497 e. The van der Waals surface area contributed by atoms with Gasteiger partial charge < -0.3 is 10.1 Å². The zero-order chi connectivity index (χ0) is 15.2. The fourth-order valence-electron chi connectivity index (χ4n) is 2.45. The van der Waals surface area contributed by atoms with E-state index in [-0.39, 0.29) is 0 Å². The lowest BCUT2D eigenvalue weighted by molar-refractivity contribution is 0.414. The molecule has 3 heteroatoms. The first-order valence-electron chi connectivity index (χ1n) is 7.23. The molecule has 0 saturated carbocycles. The molecule has 0 amide bonds. The van der Waals surface area contributed by atoms with Crippen molar-refractivity contribution in [2.45, 2.75) is 32.4 Å². The Hall–Kier alpha value is -1.32. The zero-order valence-corrected chi connectivity index (χ0v) is 14.4. The van der Waals surface area contributed by atoms with Gasteiger partial charge in [0.05, 0.1) is 7.11 Å². The van der Waals surface area contributed by atoms with Gasteiger partial charge in [-0.25, -0.2) is 0 Å². The van der Waals surface area contributed by atoms with E-state index in [1.807, 2.05) is 12.1 Å². The molecule has 0 heterocycles. The van der Waals surface area contributed by atoms with Gasteiger partial charge in [0, 0.05) is 16.6 Å². The average Bonchev–Trinajstić information content (AvgIpc) is 2.48. The van der Waals surface area contributed by atoms with Crippen LogP contribution in [0, 0.1) is 0 Å². The van der Waals surface area contributed by atoms with Crippen molar-refractivity contribution in [2.75, 3.05) is 7.11 Å². The molecule has 2 rings (SSSR count). The van der Waals surface area contributed by atoms with Crippen LogP contribution in [0.2, 0.25) is 0 Å². The molecular weight excluding hydrogens is 326 g/mol. The molecule has 2 atom stereocenters. The Balaban J connectivity index is 1.91. The maximum absolute atomic E-state index is 5.19. The standard InChI is InChI=1S/C18H22BrNO/c1-13(12-15-4-10-18(21-3)11-5-15)20-14(2)16-6-8-17(19)9-7-16/h4-11,13-14,20H,12H2,1-3H3/t13?,14-/m0/s1. The van der Waals surface area contributed by atoms with Crippen LogP contribution in [-0.2, 0) is 6.42 Å². The highest BCUT2D eigenvalue weighted by Crippen LogP contribution is 2.18. The van der Waals surface area contributed by atoms with Crippen LogP contribution in [0.3, 0.4) is 0 Å². The van der Waals surface area contributed by atoms with Crippen LogP contribution in [0.4, 0.5) is 0 Å². The first-order chi connectivity index (χ1) is 10.1. The molecule has 0 aliphatic carbocycles. The molecule has 0 saturated heterocycles. The van der Waals surface area contributed by atoms with Crippen molar-refractivity contribution >= 4 is 15.9 Å². The Morgan fingerprint density at radius 1 is 1.00 bits per heavy atom. The molecule has 0 fully saturated rings. The molecule has 1 unspecified atom stereocenters. The first-order valence-corrected chi connectivity index (χ1v) is 8.02. The van der Waals surface area contributed by atoms with Gasteiger partial charge in [0.1, 0.15) is 5.75 Å². The van der Waals surface area contributed by atoms with Gasteiger partial charge in [0.15, 0.2) is 0 Å². The van der Waals surface area contributed by atoms with E-state index in [0.29, 0.717) is 12.1 Å². The average molecular weight is 348 g/mol. The zero-order valence-electron chi connectivity index (χ0n) is 12.8. The van der Waals surface area contributed by atoms with E-state index in [2.05, 4.69) is 71.5 Å². The Bertz CT molecular complexity index is 550. The predicted molar refractivity (Wildman–Crippen MR) is 91.9 cm³/mol. The summed E-state index contributed by atoms with van der Waals surface area (Å²) in [6.45, 7) is 4.42. The van der Waals surface area contributed by atoms with Crippen LogP contribution in [0.5, 0.6) is 5.75 Å². The number of nitrogens with one attached hydrogen (secondary N) is 1. The van der Waals surface area contributed by atoms with Gasteiger partial charge in [-0.3, -0.25) is 0 Å². The van der Waals surface area contributed by atoms with E-state index < -0.39 is 0 Å². The van der Waals surface area contributed by atoms with E-state index in [4.69, 9.17) is 4.74 Å². The molecule has 2 nitrogen and oxygen atoms in total.